The first kappa shape index (κ1) is 19.3. The summed E-state index contributed by atoms with van der Waals surface area (Å²) in [6.07, 6.45) is 0. The monoisotopic (exact) mass is 389 g/mol. The van der Waals surface area contributed by atoms with Crippen LogP contribution in [0.3, 0.4) is 0 Å². The third kappa shape index (κ3) is 4.70. The Hall–Kier alpha value is -3.98. The molecule has 0 heterocycles. The highest BCUT2D eigenvalue weighted by Crippen LogP contribution is 2.21. The molecule has 0 aliphatic heterocycles. The third-order valence-electron chi connectivity index (χ3n) is 4.73. The zero-order valence-corrected chi connectivity index (χ0v) is 16.9. The molecule has 0 aromatic heterocycles. The van der Waals surface area contributed by atoms with Gasteiger partial charge in [-0.2, -0.15) is 0 Å². The van der Waals surface area contributed by atoms with Crippen LogP contribution in [0.4, 0.5) is 17.1 Å². The Bertz CT molecular complexity index is 1060. The van der Waals surface area contributed by atoms with Gasteiger partial charge < -0.3 is 5.73 Å². The number of hydrogen-bond acceptors (Lipinski definition) is 3. The summed E-state index contributed by atoms with van der Waals surface area (Å²) < 4.78 is 0. The summed E-state index contributed by atoms with van der Waals surface area (Å²) in [4.78, 5) is 10.0. The van der Waals surface area contributed by atoms with E-state index in [1.54, 1.807) is 0 Å². The lowest BCUT2D eigenvalue weighted by atomic mass is 9.99. The van der Waals surface area contributed by atoms with Crippen LogP contribution in [0.25, 0.3) is 0 Å². The lowest BCUT2D eigenvalue weighted by Crippen LogP contribution is -2.17. The van der Waals surface area contributed by atoms with Gasteiger partial charge in [0.15, 0.2) is 0 Å². The van der Waals surface area contributed by atoms with Crippen molar-refractivity contribution in [3.8, 4) is 0 Å². The molecule has 2 N–H and O–H groups in total. The molecule has 0 bridgehead atoms. The molecule has 0 radical (unpaired) electrons. The SMILES string of the molecule is Cc1ccc(/N=C(/C(=N/c2ccc(N)cc2)c2ccccc2)c2ccccc2)cc1. The highest BCUT2D eigenvalue weighted by Gasteiger charge is 2.15. The molecule has 0 amide bonds. The maximum absolute atomic E-state index is 5.86. The van der Waals surface area contributed by atoms with E-state index >= 15 is 0 Å². The van der Waals surface area contributed by atoms with Crippen molar-refractivity contribution in [2.75, 3.05) is 5.73 Å². The predicted octanol–water partition coefficient (Wildman–Crippen LogP) is 6.52. The van der Waals surface area contributed by atoms with E-state index in [-0.39, 0.29) is 0 Å². The number of aliphatic imine (C=N–C) groups is 2. The first-order valence-corrected chi connectivity index (χ1v) is 9.90. The largest absolute Gasteiger partial charge is 0.399 e. The normalized spacial score (nSPS) is 12.0. The molecule has 0 unspecified atom stereocenters. The van der Waals surface area contributed by atoms with Crippen molar-refractivity contribution in [2.45, 2.75) is 6.92 Å². The number of aryl methyl sites for hydroxylation is 1. The molecular weight excluding hydrogens is 366 g/mol. The lowest BCUT2D eigenvalue weighted by Gasteiger charge is -2.12. The van der Waals surface area contributed by atoms with Gasteiger partial charge in [0.25, 0.3) is 0 Å². The smallest absolute Gasteiger partial charge is 0.0972 e. The van der Waals surface area contributed by atoms with Gasteiger partial charge in [0, 0.05) is 16.8 Å². The molecule has 4 aromatic carbocycles. The topological polar surface area (TPSA) is 50.7 Å². The van der Waals surface area contributed by atoms with Crippen molar-refractivity contribution in [3.63, 3.8) is 0 Å². The molecule has 0 aliphatic carbocycles. The Morgan fingerprint density at radius 3 is 1.37 bits per heavy atom. The van der Waals surface area contributed by atoms with Crippen molar-refractivity contribution in [1.29, 1.82) is 0 Å². The standard InChI is InChI=1S/C27H23N3/c1-20-12-16-24(17-13-20)29-26(21-8-4-2-5-9-21)27(22-10-6-3-7-11-22)30-25-18-14-23(28)15-19-25/h2-19H,28H2,1H3/b29-26+,30-27+. The Morgan fingerprint density at radius 1 is 0.533 bits per heavy atom. The minimum Gasteiger partial charge on any atom is -0.399 e. The fourth-order valence-corrected chi connectivity index (χ4v) is 3.13. The van der Waals surface area contributed by atoms with E-state index in [2.05, 4.69) is 43.3 Å². The van der Waals surface area contributed by atoms with Gasteiger partial charge >= 0.3 is 0 Å². The maximum Gasteiger partial charge on any atom is 0.0972 e. The van der Waals surface area contributed by atoms with Crippen LogP contribution in [0.1, 0.15) is 16.7 Å². The Morgan fingerprint density at radius 2 is 0.933 bits per heavy atom. The first-order valence-electron chi connectivity index (χ1n) is 9.90. The molecule has 4 aromatic rings. The number of hydrogen-bond donors (Lipinski definition) is 1. The molecule has 3 nitrogen and oxygen atoms in total. The Balaban J connectivity index is 1.93. The molecule has 0 fully saturated rings. The molecule has 3 heteroatoms. The molecule has 30 heavy (non-hydrogen) atoms. The molecule has 0 saturated heterocycles. The Labute approximate surface area is 177 Å². The lowest BCUT2D eigenvalue weighted by molar-refractivity contribution is 1.43. The van der Waals surface area contributed by atoms with Gasteiger partial charge in [0.1, 0.15) is 0 Å². The van der Waals surface area contributed by atoms with Crippen LogP contribution in [0.15, 0.2) is 119 Å². The molecule has 146 valence electrons. The van der Waals surface area contributed by atoms with Gasteiger partial charge in [-0.1, -0.05) is 78.4 Å². The predicted molar refractivity (Wildman–Crippen MR) is 127 cm³/mol. The van der Waals surface area contributed by atoms with E-state index in [9.17, 15) is 0 Å². The quantitative estimate of drug-likeness (QED) is 0.307. The maximum atomic E-state index is 5.86. The average Bonchev–Trinajstić information content (AvgIpc) is 2.80. The van der Waals surface area contributed by atoms with Crippen LogP contribution in [0.2, 0.25) is 0 Å². The fraction of sp³-hybridized carbons (Fsp3) is 0.0370. The van der Waals surface area contributed by atoms with E-state index in [4.69, 9.17) is 15.7 Å². The van der Waals surface area contributed by atoms with Gasteiger partial charge in [-0.25, -0.2) is 9.98 Å². The van der Waals surface area contributed by atoms with Crippen molar-refractivity contribution in [1.82, 2.24) is 0 Å². The second-order valence-corrected chi connectivity index (χ2v) is 7.08. The van der Waals surface area contributed by atoms with Crippen molar-refractivity contribution < 1.29 is 0 Å². The van der Waals surface area contributed by atoms with Gasteiger partial charge in [0.2, 0.25) is 0 Å². The average molecular weight is 390 g/mol. The molecular formula is C27H23N3. The Kier molecular flexibility index (Phi) is 5.81. The summed E-state index contributed by atoms with van der Waals surface area (Å²) in [5.74, 6) is 0. The summed E-state index contributed by atoms with van der Waals surface area (Å²) >= 11 is 0. The van der Waals surface area contributed by atoms with Gasteiger partial charge in [0.05, 0.1) is 22.8 Å². The van der Waals surface area contributed by atoms with E-state index in [0.717, 1.165) is 33.9 Å². The van der Waals surface area contributed by atoms with E-state index < -0.39 is 0 Å². The van der Waals surface area contributed by atoms with E-state index in [1.807, 2.05) is 72.8 Å². The molecule has 0 atom stereocenters. The number of anilines is 1. The van der Waals surface area contributed by atoms with E-state index in [1.165, 1.54) is 5.56 Å². The minimum absolute atomic E-state index is 0.715. The van der Waals surface area contributed by atoms with Crippen molar-refractivity contribution in [2.24, 2.45) is 9.98 Å². The number of rotatable bonds is 5. The second kappa shape index (κ2) is 9.01. The molecule has 0 spiro atoms. The van der Waals surface area contributed by atoms with E-state index in [0.29, 0.717) is 5.69 Å². The number of nitrogen functional groups attached to an aromatic ring is 1. The van der Waals surface area contributed by atoms with Crippen LogP contribution < -0.4 is 5.73 Å². The summed E-state index contributed by atoms with van der Waals surface area (Å²) in [7, 11) is 0. The number of nitrogens with zero attached hydrogens (tertiary/aromatic N) is 2. The highest BCUT2D eigenvalue weighted by molar-refractivity contribution is 6.54. The summed E-state index contributed by atoms with van der Waals surface area (Å²) in [5.41, 5.74) is 13.1. The van der Waals surface area contributed by atoms with Gasteiger partial charge in [-0.15, -0.1) is 0 Å². The van der Waals surface area contributed by atoms with Crippen molar-refractivity contribution in [3.05, 3.63) is 126 Å². The third-order valence-corrected chi connectivity index (χ3v) is 4.73. The molecule has 0 aliphatic rings. The van der Waals surface area contributed by atoms with Crippen LogP contribution in [-0.2, 0) is 0 Å². The summed E-state index contributed by atoms with van der Waals surface area (Å²) in [6, 6.07) is 36.1. The minimum atomic E-state index is 0.715. The van der Waals surface area contributed by atoms with Crippen LogP contribution in [-0.4, -0.2) is 11.4 Å². The molecule has 4 rings (SSSR count). The second-order valence-electron chi connectivity index (χ2n) is 7.08. The fourth-order valence-electron chi connectivity index (χ4n) is 3.13. The van der Waals surface area contributed by atoms with Crippen molar-refractivity contribution >= 4 is 28.5 Å². The first-order chi connectivity index (χ1) is 14.7. The zero-order valence-electron chi connectivity index (χ0n) is 16.9. The number of benzene rings is 4. The highest BCUT2D eigenvalue weighted by atomic mass is 14.8. The van der Waals surface area contributed by atoms with Crippen LogP contribution in [0, 0.1) is 6.92 Å². The summed E-state index contributed by atoms with van der Waals surface area (Å²) in [6.45, 7) is 2.07. The van der Waals surface area contributed by atoms with Gasteiger partial charge in [-0.05, 0) is 43.3 Å². The number of nitrogens with two attached hydrogens (primary N) is 1. The summed E-state index contributed by atoms with van der Waals surface area (Å²) in [5, 5.41) is 0. The van der Waals surface area contributed by atoms with Gasteiger partial charge in [-0.3, -0.25) is 0 Å². The molecule has 0 saturated carbocycles. The van der Waals surface area contributed by atoms with Crippen LogP contribution in [0.5, 0.6) is 0 Å². The van der Waals surface area contributed by atoms with Crippen LogP contribution >= 0.6 is 0 Å². The zero-order chi connectivity index (χ0) is 20.8.